The van der Waals surface area contributed by atoms with Gasteiger partial charge in [-0.25, -0.2) is 4.39 Å². The molecule has 0 fully saturated rings. The molecule has 94 valence electrons. The third-order valence-corrected chi connectivity index (χ3v) is 3.21. The molecule has 2 aromatic carbocycles. The number of carbonyl (C=O) groups is 1. The molecule has 0 aliphatic heterocycles. The number of benzene rings is 2. The van der Waals surface area contributed by atoms with Gasteiger partial charge in [0, 0.05) is 16.5 Å². The highest BCUT2D eigenvalue weighted by molar-refractivity contribution is 6.35. The van der Waals surface area contributed by atoms with Gasteiger partial charge < -0.3 is 0 Å². The predicted octanol–water partition coefficient (Wildman–Crippen LogP) is 3.59. The number of nitrogens with zero attached hydrogens (tertiary/aromatic N) is 1. The van der Waals surface area contributed by atoms with Gasteiger partial charge in [-0.05, 0) is 24.3 Å². The Morgan fingerprint density at radius 1 is 1.21 bits per heavy atom. The summed E-state index contributed by atoms with van der Waals surface area (Å²) in [7, 11) is 0. The van der Waals surface area contributed by atoms with Crippen molar-refractivity contribution in [3.05, 3.63) is 64.6 Å². The van der Waals surface area contributed by atoms with Crippen LogP contribution >= 0.6 is 11.6 Å². The zero-order chi connectivity index (χ0) is 13.4. The first-order valence-corrected chi connectivity index (χ1v) is 5.96. The topological polar surface area (TPSA) is 45.8 Å². The number of aromatic nitrogens is 2. The lowest BCUT2D eigenvalue weighted by Gasteiger charge is -2.04. The zero-order valence-corrected chi connectivity index (χ0v) is 10.4. The summed E-state index contributed by atoms with van der Waals surface area (Å²) >= 11 is 5.93. The van der Waals surface area contributed by atoms with Crippen LogP contribution in [-0.4, -0.2) is 16.0 Å². The van der Waals surface area contributed by atoms with Gasteiger partial charge in [0.2, 0.25) is 0 Å². The van der Waals surface area contributed by atoms with Crippen molar-refractivity contribution in [2.75, 3.05) is 0 Å². The maximum Gasteiger partial charge on any atom is 0.194 e. The average molecular weight is 275 g/mol. The second-order valence-corrected chi connectivity index (χ2v) is 4.53. The molecule has 3 rings (SSSR count). The number of fused-ring (bicyclic) bond motifs is 1. The summed E-state index contributed by atoms with van der Waals surface area (Å²) in [4.78, 5) is 12.3. The largest absolute Gasteiger partial charge is 0.289 e. The van der Waals surface area contributed by atoms with E-state index in [1.807, 2.05) is 0 Å². The summed E-state index contributed by atoms with van der Waals surface area (Å²) in [5.41, 5.74) is 1.34. The highest BCUT2D eigenvalue weighted by Gasteiger charge is 2.14. The molecule has 0 saturated carbocycles. The third kappa shape index (κ3) is 2.11. The van der Waals surface area contributed by atoms with Crippen molar-refractivity contribution < 1.29 is 9.18 Å². The number of halogens is 2. The summed E-state index contributed by atoms with van der Waals surface area (Å²) in [6.07, 6.45) is 1.67. The fourth-order valence-electron chi connectivity index (χ4n) is 1.91. The highest BCUT2D eigenvalue weighted by Crippen LogP contribution is 2.22. The van der Waals surface area contributed by atoms with Crippen LogP contribution in [-0.2, 0) is 0 Å². The Labute approximate surface area is 113 Å². The van der Waals surface area contributed by atoms with Gasteiger partial charge in [-0.2, -0.15) is 5.10 Å². The summed E-state index contributed by atoms with van der Waals surface area (Å²) < 4.78 is 13.2. The van der Waals surface area contributed by atoms with Crippen LogP contribution in [0.15, 0.2) is 42.6 Å². The maximum absolute atomic E-state index is 13.2. The van der Waals surface area contributed by atoms with E-state index in [1.54, 1.807) is 24.4 Å². The Kier molecular flexibility index (Phi) is 2.80. The molecule has 0 unspecified atom stereocenters. The second kappa shape index (κ2) is 4.48. The molecule has 0 bridgehead atoms. The smallest absolute Gasteiger partial charge is 0.194 e. The fraction of sp³-hybridized carbons (Fsp3) is 0. The number of hydrogen-bond acceptors (Lipinski definition) is 2. The summed E-state index contributed by atoms with van der Waals surface area (Å²) in [6, 6.07) is 8.85. The summed E-state index contributed by atoms with van der Waals surface area (Å²) in [5.74, 6) is -0.809. The van der Waals surface area contributed by atoms with Crippen LogP contribution in [0.2, 0.25) is 5.02 Å². The molecular weight excluding hydrogens is 267 g/mol. The fourth-order valence-corrected chi connectivity index (χ4v) is 2.11. The van der Waals surface area contributed by atoms with Crippen LogP contribution in [0.5, 0.6) is 0 Å². The van der Waals surface area contributed by atoms with Gasteiger partial charge in [-0.15, -0.1) is 0 Å². The van der Waals surface area contributed by atoms with E-state index in [4.69, 9.17) is 11.6 Å². The summed E-state index contributed by atoms with van der Waals surface area (Å²) in [6.45, 7) is 0. The van der Waals surface area contributed by atoms with E-state index in [2.05, 4.69) is 10.2 Å². The molecule has 1 aromatic heterocycles. The average Bonchev–Trinajstić information content (AvgIpc) is 2.88. The lowest BCUT2D eigenvalue weighted by atomic mass is 10.0. The first kappa shape index (κ1) is 11.9. The van der Waals surface area contributed by atoms with Gasteiger partial charge >= 0.3 is 0 Å². The van der Waals surface area contributed by atoms with Crippen molar-refractivity contribution in [1.82, 2.24) is 10.2 Å². The minimum atomic E-state index is -0.490. The Hall–Kier alpha value is -2.20. The Morgan fingerprint density at radius 2 is 2.05 bits per heavy atom. The molecule has 0 spiro atoms. The van der Waals surface area contributed by atoms with E-state index in [1.165, 1.54) is 12.1 Å². The monoisotopic (exact) mass is 274 g/mol. The van der Waals surface area contributed by atoms with E-state index in [9.17, 15) is 9.18 Å². The first-order chi connectivity index (χ1) is 9.15. The van der Waals surface area contributed by atoms with Crippen molar-refractivity contribution in [1.29, 1.82) is 0 Å². The molecular formula is C14H8ClFN2O. The lowest BCUT2D eigenvalue weighted by Crippen LogP contribution is -2.02. The van der Waals surface area contributed by atoms with Crippen LogP contribution in [0, 0.1) is 5.82 Å². The zero-order valence-electron chi connectivity index (χ0n) is 9.65. The molecule has 0 radical (unpaired) electrons. The molecule has 3 aromatic rings. The van der Waals surface area contributed by atoms with Crippen molar-refractivity contribution >= 4 is 28.3 Å². The van der Waals surface area contributed by atoms with E-state index in [0.717, 1.165) is 17.0 Å². The van der Waals surface area contributed by atoms with Gasteiger partial charge in [0.25, 0.3) is 0 Å². The van der Waals surface area contributed by atoms with Crippen LogP contribution in [0.3, 0.4) is 0 Å². The van der Waals surface area contributed by atoms with E-state index in [0.29, 0.717) is 5.56 Å². The second-order valence-electron chi connectivity index (χ2n) is 4.13. The van der Waals surface area contributed by atoms with Crippen molar-refractivity contribution in [3.63, 3.8) is 0 Å². The van der Waals surface area contributed by atoms with Crippen molar-refractivity contribution in [2.45, 2.75) is 0 Å². The maximum atomic E-state index is 13.2. The minimum absolute atomic E-state index is 0.153. The number of H-pyrrole nitrogens is 1. The van der Waals surface area contributed by atoms with Gasteiger partial charge in [0.15, 0.2) is 5.78 Å². The van der Waals surface area contributed by atoms with E-state index in [-0.39, 0.29) is 16.4 Å². The lowest BCUT2D eigenvalue weighted by molar-refractivity contribution is 0.103. The molecule has 0 aliphatic rings. The molecule has 0 aliphatic carbocycles. The van der Waals surface area contributed by atoms with E-state index >= 15 is 0 Å². The number of rotatable bonds is 2. The summed E-state index contributed by atoms with van der Waals surface area (Å²) in [5, 5.41) is 7.80. The number of carbonyl (C=O) groups excluding carboxylic acids is 1. The van der Waals surface area contributed by atoms with Crippen LogP contribution in [0.4, 0.5) is 4.39 Å². The van der Waals surface area contributed by atoms with Crippen LogP contribution in [0.1, 0.15) is 15.9 Å². The Morgan fingerprint density at radius 3 is 2.89 bits per heavy atom. The van der Waals surface area contributed by atoms with E-state index < -0.39 is 5.82 Å². The SMILES string of the molecule is O=C(c1ccc2cn[nH]c2c1)c1cc(F)ccc1Cl. The standard InChI is InChI=1S/C14H8ClFN2O/c15-12-4-3-10(16)6-11(12)14(19)8-1-2-9-7-17-18-13(9)5-8/h1-7H,(H,17,18). The molecule has 1 N–H and O–H groups in total. The molecule has 5 heteroatoms. The normalized spacial score (nSPS) is 10.8. The first-order valence-electron chi connectivity index (χ1n) is 5.58. The van der Waals surface area contributed by atoms with Crippen LogP contribution in [0.25, 0.3) is 10.9 Å². The van der Waals surface area contributed by atoms with Gasteiger partial charge in [-0.1, -0.05) is 23.7 Å². The Bertz CT molecular complexity index is 782. The number of aromatic amines is 1. The molecule has 0 saturated heterocycles. The minimum Gasteiger partial charge on any atom is -0.289 e. The van der Waals surface area contributed by atoms with Crippen molar-refractivity contribution in [2.24, 2.45) is 0 Å². The highest BCUT2D eigenvalue weighted by atomic mass is 35.5. The number of nitrogens with one attached hydrogen (secondary N) is 1. The van der Waals surface area contributed by atoms with Crippen LogP contribution < -0.4 is 0 Å². The quantitative estimate of drug-likeness (QED) is 0.726. The molecule has 0 atom stereocenters. The number of ketones is 1. The number of hydrogen-bond donors (Lipinski definition) is 1. The van der Waals surface area contributed by atoms with Gasteiger partial charge in [0.1, 0.15) is 5.82 Å². The molecule has 1 heterocycles. The third-order valence-electron chi connectivity index (χ3n) is 2.88. The van der Waals surface area contributed by atoms with Gasteiger partial charge in [0.05, 0.1) is 16.7 Å². The predicted molar refractivity (Wildman–Crippen MR) is 70.9 cm³/mol. The van der Waals surface area contributed by atoms with Gasteiger partial charge in [-0.3, -0.25) is 9.89 Å². The van der Waals surface area contributed by atoms with Crippen molar-refractivity contribution in [3.8, 4) is 0 Å². The molecule has 3 nitrogen and oxygen atoms in total. The molecule has 0 amide bonds. The Balaban J connectivity index is 2.09. The molecule has 19 heavy (non-hydrogen) atoms.